The maximum atomic E-state index is 12.4. The number of para-hydroxylation sites is 1. The molecule has 2 aromatic carbocycles. The molecule has 0 aliphatic heterocycles. The van der Waals surface area contributed by atoms with Gasteiger partial charge < -0.3 is 4.98 Å². The van der Waals surface area contributed by atoms with Gasteiger partial charge in [-0.3, -0.25) is 4.79 Å². The Kier molecular flexibility index (Phi) is 3.84. The number of aromatic nitrogens is 1. The lowest BCUT2D eigenvalue weighted by molar-refractivity contribution is 0.0994. The molecule has 0 saturated heterocycles. The van der Waals surface area contributed by atoms with Gasteiger partial charge in [-0.1, -0.05) is 60.3 Å². The Hall–Kier alpha value is -2.00. The van der Waals surface area contributed by atoms with Crippen molar-refractivity contribution < 1.29 is 4.79 Å². The lowest BCUT2D eigenvalue weighted by Crippen LogP contribution is -2.13. The van der Waals surface area contributed by atoms with Crippen LogP contribution in [0.3, 0.4) is 0 Å². The molecule has 0 fully saturated rings. The van der Waals surface area contributed by atoms with Crippen molar-refractivity contribution in [2.45, 2.75) is 24.1 Å². The number of H-pyrrole nitrogens is 1. The highest BCUT2D eigenvalue weighted by molar-refractivity contribution is 8.00. The quantitative estimate of drug-likeness (QED) is 0.552. The molecule has 21 heavy (non-hydrogen) atoms. The van der Waals surface area contributed by atoms with Gasteiger partial charge in [0.2, 0.25) is 0 Å². The molecule has 0 bridgehead atoms. The minimum Gasteiger partial charge on any atom is -0.349 e. The number of benzene rings is 2. The molecular formula is C18H17NOS. The summed E-state index contributed by atoms with van der Waals surface area (Å²) in [6.07, 6.45) is 0. The largest absolute Gasteiger partial charge is 0.349 e. The zero-order chi connectivity index (χ0) is 14.8. The molecule has 3 rings (SSSR count). The van der Waals surface area contributed by atoms with Crippen LogP contribution >= 0.6 is 11.8 Å². The second-order valence-corrected chi connectivity index (χ2v) is 6.47. The summed E-state index contributed by atoms with van der Waals surface area (Å²) in [4.78, 5) is 15.9. The number of aryl methyl sites for hydroxylation is 1. The molecule has 2 nitrogen and oxygen atoms in total. The molecule has 0 radical (unpaired) electrons. The van der Waals surface area contributed by atoms with Crippen LogP contribution in [0.1, 0.15) is 22.8 Å². The summed E-state index contributed by atoms with van der Waals surface area (Å²) in [5, 5.41) is 2.19. The van der Waals surface area contributed by atoms with Crippen LogP contribution in [0.5, 0.6) is 0 Å². The number of Topliss-reactive ketones (excluding diaryl/α,β-unsaturated/α-hetero) is 1. The smallest absolute Gasteiger partial charge is 0.175 e. The van der Waals surface area contributed by atoms with Crippen molar-refractivity contribution in [1.82, 2.24) is 4.98 Å². The first-order valence-electron chi connectivity index (χ1n) is 7.00. The number of hydrogen-bond acceptors (Lipinski definition) is 2. The molecule has 106 valence electrons. The third-order valence-electron chi connectivity index (χ3n) is 3.64. The molecular weight excluding hydrogens is 278 g/mol. The highest BCUT2D eigenvalue weighted by Crippen LogP contribution is 2.32. The third kappa shape index (κ3) is 2.74. The number of thioether (sulfide) groups is 1. The van der Waals surface area contributed by atoms with Crippen molar-refractivity contribution in [2.75, 3.05) is 0 Å². The molecule has 1 heterocycles. The van der Waals surface area contributed by atoms with Crippen molar-refractivity contribution in [3.8, 4) is 0 Å². The highest BCUT2D eigenvalue weighted by Gasteiger charge is 2.18. The van der Waals surface area contributed by atoms with Crippen molar-refractivity contribution in [1.29, 1.82) is 0 Å². The molecule has 3 aromatic rings. The van der Waals surface area contributed by atoms with Gasteiger partial charge in [-0.15, -0.1) is 0 Å². The Labute approximate surface area is 128 Å². The summed E-state index contributed by atoms with van der Waals surface area (Å²) in [6, 6.07) is 17.7. The number of nitrogens with one attached hydrogen (secondary N) is 1. The van der Waals surface area contributed by atoms with Gasteiger partial charge in [0.15, 0.2) is 5.78 Å². The van der Waals surface area contributed by atoms with E-state index in [2.05, 4.69) is 24.0 Å². The Balaban J connectivity index is 1.85. The number of fused-ring (bicyclic) bond motifs is 1. The fraction of sp³-hybridized carbons (Fsp3) is 0.167. The fourth-order valence-electron chi connectivity index (χ4n) is 2.44. The molecule has 0 spiro atoms. The van der Waals surface area contributed by atoms with Crippen LogP contribution in [0.4, 0.5) is 0 Å². The predicted octanol–water partition coefficient (Wildman–Crippen LogP) is 4.84. The average molecular weight is 295 g/mol. The minimum absolute atomic E-state index is 0.112. The maximum absolute atomic E-state index is 12.4. The van der Waals surface area contributed by atoms with E-state index in [1.165, 1.54) is 10.9 Å². The monoisotopic (exact) mass is 295 g/mol. The number of hydrogen-bond donors (Lipinski definition) is 1. The van der Waals surface area contributed by atoms with Crippen molar-refractivity contribution >= 4 is 28.4 Å². The summed E-state index contributed by atoms with van der Waals surface area (Å²) >= 11 is 1.59. The van der Waals surface area contributed by atoms with Gasteiger partial charge in [0, 0.05) is 16.5 Å². The van der Waals surface area contributed by atoms with Crippen LogP contribution in [-0.4, -0.2) is 16.0 Å². The third-order valence-corrected chi connectivity index (χ3v) is 4.85. The molecule has 1 N–H and O–H groups in total. The first-order chi connectivity index (χ1) is 10.2. The van der Waals surface area contributed by atoms with E-state index in [1.54, 1.807) is 11.8 Å². The molecule has 0 amide bonds. The van der Waals surface area contributed by atoms with Gasteiger partial charge >= 0.3 is 0 Å². The van der Waals surface area contributed by atoms with E-state index in [0.29, 0.717) is 0 Å². The zero-order valence-corrected chi connectivity index (χ0v) is 12.9. The molecule has 1 atom stereocenters. The van der Waals surface area contributed by atoms with Gasteiger partial charge in [0.05, 0.1) is 10.3 Å². The van der Waals surface area contributed by atoms with Gasteiger partial charge in [-0.05, 0) is 25.5 Å². The number of aromatic amines is 1. The molecule has 0 aliphatic carbocycles. The Bertz CT molecular complexity index is 776. The van der Waals surface area contributed by atoms with E-state index in [1.807, 2.05) is 49.4 Å². The summed E-state index contributed by atoms with van der Waals surface area (Å²) < 4.78 is 0. The lowest BCUT2D eigenvalue weighted by atomic mass is 10.1. The SMILES string of the molecule is Cc1c(SC(C)C(=O)c2ccccc2)[nH]c2ccccc12. The van der Waals surface area contributed by atoms with Crippen LogP contribution in [0, 0.1) is 6.92 Å². The average Bonchev–Trinajstić information content (AvgIpc) is 2.84. The molecule has 3 heteroatoms. The maximum Gasteiger partial charge on any atom is 0.175 e. The first-order valence-corrected chi connectivity index (χ1v) is 7.88. The standard InChI is InChI=1S/C18H17NOS/c1-12-15-10-6-7-11-16(15)19-18(12)21-13(2)17(20)14-8-4-3-5-9-14/h3-11,13,19H,1-2H3. The predicted molar refractivity (Wildman–Crippen MR) is 89.1 cm³/mol. The van der Waals surface area contributed by atoms with Crippen LogP contribution in [0.25, 0.3) is 10.9 Å². The summed E-state index contributed by atoms with van der Waals surface area (Å²) in [5.74, 6) is 0.165. The number of rotatable bonds is 4. The van der Waals surface area contributed by atoms with E-state index < -0.39 is 0 Å². The molecule has 1 aromatic heterocycles. The van der Waals surface area contributed by atoms with Gasteiger partial charge in [-0.25, -0.2) is 0 Å². The fourth-order valence-corrected chi connectivity index (χ4v) is 3.50. The number of carbonyl (C=O) groups is 1. The van der Waals surface area contributed by atoms with Crippen molar-refractivity contribution in [3.05, 3.63) is 65.7 Å². The second kappa shape index (κ2) is 5.78. The van der Waals surface area contributed by atoms with Crippen LogP contribution < -0.4 is 0 Å². The van der Waals surface area contributed by atoms with Crippen LogP contribution in [0.15, 0.2) is 59.6 Å². The highest BCUT2D eigenvalue weighted by atomic mass is 32.2. The van der Waals surface area contributed by atoms with E-state index in [9.17, 15) is 4.79 Å². The van der Waals surface area contributed by atoms with E-state index >= 15 is 0 Å². The van der Waals surface area contributed by atoms with Crippen molar-refractivity contribution in [3.63, 3.8) is 0 Å². The van der Waals surface area contributed by atoms with E-state index in [0.717, 1.165) is 16.1 Å². The lowest BCUT2D eigenvalue weighted by Gasteiger charge is -2.09. The first kappa shape index (κ1) is 14.0. The molecule has 1 unspecified atom stereocenters. The second-order valence-electron chi connectivity index (χ2n) is 5.12. The number of carbonyl (C=O) groups excluding carboxylic acids is 1. The molecule has 0 saturated carbocycles. The van der Waals surface area contributed by atoms with E-state index in [4.69, 9.17) is 0 Å². The van der Waals surface area contributed by atoms with Crippen molar-refractivity contribution in [2.24, 2.45) is 0 Å². The number of ketones is 1. The Morgan fingerprint density at radius 1 is 1.05 bits per heavy atom. The summed E-state index contributed by atoms with van der Waals surface area (Å²) in [7, 11) is 0. The minimum atomic E-state index is -0.112. The summed E-state index contributed by atoms with van der Waals surface area (Å²) in [6.45, 7) is 4.06. The molecule has 0 aliphatic rings. The van der Waals surface area contributed by atoms with E-state index in [-0.39, 0.29) is 11.0 Å². The zero-order valence-electron chi connectivity index (χ0n) is 12.1. The normalized spacial score (nSPS) is 12.5. The Morgan fingerprint density at radius 3 is 2.43 bits per heavy atom. The van der Waals surface area contributed by atoms with Crippen LogP contribution in [0.2, 0.25) is 0 Å². The van der Waals surface area contributed by atoms with Crippen LogP contribution in [-0.2, 0) is 0 Å². The van der Waals surface area contributed by atoms with Gasteiger partial charge in [0.25, 0.3) is 0 Å². The topological polar surface area (TPSA) is 32.9 Å². The van der Waals surface area contributed by atoms with Gasteiger partial charge in [0.1, 0.15) is 0 Å². The Morgan fingerprint density at radius 2 is 1.71 bits per heavy atom. The summed E-state index contributed by atoms with van der Waals surface area (Å²) in [5.41, 5.74) is 3.10. The van der Waals surface area contributed by atoms with Gasteiger partial charge in [-0.2, -0.15) is 0 Å².